The molecule has 0 saturated heterocycles. The number of halogens is 1. The van der Waals surface area contributed by atoms with Gasteiger partial charge in [-0.25, -0.2) is 4.99 Å². The molecule has 0 N–H and O–H groups in total. The monoisotopic (exact) mass is 483 g/mol. The lowest BCUT2D eigenvalue weighted by Crippen LogP contribution is -2.33. The van der Waals surface area contributed by atoms with Crippen molar-refractivity contribution in [1.82, 2.24) is 4.90 Å². The Morgan fingerprint density at radius 1 is 1.09 bits per heavy atom. The minimum Gasteiger partial charge on any atom is -0.493 e. The molecule has 0 aliphatic carbocycles. The number of hydrogen-bond donors (Lipinski definition) is 0. The second-order valence-corrected chi connectivity index (χ2v) is 10.9. The van der Waals surface area contributed by atoms with Crippen molar-refractivity contribution in [2.45, 2.75) is 20.4 Å². The largest absolute Gasteiger partial charge is 0.493 e. The molecule has 1 aliphatic heterocycles. The summed E-state index contributed by atoms with van der Waals surface area (Å²) in [5, 5.41) is 0.743. The zero-order valence-corrected chi connectivity index (χ0v) is 21.3. The van der Waals surface area contributed by atoms with Crippen molar-refractivity contribution in [3.8, 4) is 21.9 Å². The van der Waals surface area contributed by atoms with Crippen molar-refractivity contribution in [1.29, 1.82) is 0 Å². The normalized spacial score (nSPS) is 13.4. The average Bonchev–Trinajstić information content (AvgIpc) is 3.20. The van der Waals surface area contributed by atoms with Crippen molar-refractivity contribution >= 4 is 40.7 Å². The fourth-order valence-corrected chi connectivity index (χ4v) is 5.25. The number of methoxy groups -OCH3 is 1. The van der Waals surface area contributed by atoms with Crippen LogP contribution >= 0.6 is 22.9 Å². The molecule has 5 nitrogen and oxygen atoms in total. The van der Waals surface area contributed by atoms with Gasteiger partial charge in [-0.05, 0) is 50.0 Å². The van der Waals surface area contributed by atoms with Crippen LogP contribution in [0.4, 0.5) is 11.4 Å². The van der Waals surface area contributed by atoms with Crippen molar-refractivity contribution in [2.24, 2.45) is 10.4 Å². The Labute approximate surface area is 205 Å². The molecule has 0 saturated carbocycles. The van der Waals surface area contributed by atoms with Gasteiger partial charge in [0.25, 0.3) is 0 Å². The van der Waals surface area contributed by atoms with Gasteiger partial charge < -0.3 is 19.3 Å². The molecule has 7 heteroatoms. The summed E-state index contributed by atoms with van der Waals surface area (Å²) in [6, 6.07) is 16.1. The molecule has 0 spiro atoms. The minimum absolute atomic E-state index is 0.0318. The van der Waals surface area contributed by atoms with Crippen LogP contribution < -0.4 is 14.4 Å². The van der Waals surface area contributed by atoms with Crippen molar-refractivity contribution in [3.05, 3.63) is 58.4 Å². The fraction of sp³-hybridized carbons (Fsp3) is 0.346. The minimum atomic E-state index is 0.0318. The summed E-state index contributed by atoms with van der Waals surface area (Å²) in [7, 11) is 5.83. The summed E-state index contributed by atoms with van der Waals surface area (Å²) in [5.74, 6) is 1.48. The Hall–Kier alpha value is -2.54. The quantitative estimate of drug-likeness (QED) is 0.356. The number of anilines is 1. The smallest absolute Gasteiger partial charge is 0.162 e. The molecule has 3 aromatic rings. The van der Waals surface area contributed by atoms with Crippen molar-refractivity contribution in [3.63, 3.8) is 0 Å². The lowest BCUT2D eigenvalue weighted by atomic mass is 9.94. The van der Waals surface area contributed by atoms with Gasteiger partial charge in [-0.1, -0.05) is 37.6 Å². The highest BCUT2D eigenvalue weighted by Gasteiger charge is 2.22. The summed E-state index contributed by atoms with van der Waals surface area (Å²) in [5.41, 5.74) is 3.23. The van der Waals surface area contributed by atoms with E-state index in [0.29, 0.717) is 6.61 Å². The third kappa shape index (κ3) is 5.69. The van der Waals surface area contributed by atoms with Crippen LogP contribution in [0.2, 0.25) is 5.02 Å². The highest BCUT2D eigenvalue weighted by atomic mass is 35.5. The van der Waals surface area contributed by atoms with Gasteiger partial charge >= 0.3 is 0 Å². The summed E-state index contributed by atoms with van der Waals surface area (Å²) < 4.78 is 11.8. The summed E-state index contributed by atoms with van der Waals surface area (Å²) in [4.78, 5) is 11.4. The lowest BCUT2D eigenvalue weighted by molar-refractivity contribution is 0.138. The molecule has 1 aromatic heterocycles. The molecule has 2 heterocycles. The topological polar surface area (TPSA) is 37.3 Å². The highest BCUT2D eigenvalue weighted by molar-refractivity contribution is 7.16. The molecule has 0 fully saturated rings. The van der Waals surface area contributed by atoms with Gasteiger partial charge in [-0.15, -0.1) is 11.3 Å². The van der Waals surface area contributed by atoms with E-state index in [0.717, 1.165) is 46.5 Å². The number of ether oxygens (including phenoxy) is 2. The standard InChI is InChI=1S/C26H30ClN3O2S/c1-26(2,15-29(3)4)16-32-22-11-10-20(12-23(22)31-5)30-14-25-21(28-17-30)13-24(33-25)18-6-8-19(27)9-7-18/h6-13,17H,14-16H2,1-5H3. The number of fused-ring (bicyclic) bond motifs is 1. The van der Waals surface area contributed by atoms with E-state index in [4.69, 9.17) is 26.1 Å². The maximum atomic E-state index is 6.14. The molecule has 0 atom stereocenters. The lowest BCUT2D eigenvalue weighted by Gasteiger charge is -2.28. The molecule has 1 aliphatic rings. The van der Waals surface area contributed by atoms with Gasteiger partial charge in [0.05, 0.1) is 37.2 Å². The van der Waals surface area contributed by atoms with E-state index in [1.807, 2.05) is 42.7 Å². The first-order chi connectivity index (χ1) is 15.7. The van der Waals surface area contributed by atoms with Crippen LogP contribution in [0.1, 0.15) is 18.7 Å². The SMILES string of the molecule is COc1cc(N2C=Nc3cc(-c4ccc(Cl)cc4)sc3C2)ccc1OCC(C)(C)CN(C)C. The molecule has 0 amide bonds. The van der Waals surface area contributed by atoms with Gasteiger partial charge in [0, 0.05) is 33.6 Å². The third-order valence-corrected chi connectivity index (χ3v) is 6.82. The maximum Gasteiger partial charge on any atom is 0.162 e. The number of rotatable bonds is 8. The molecule has 33 heavy (non-hydrogen) atoms. The van der Waals surface area contributed by atoms with Gasteiger partial charge in [0.15, 0.2) is 11.5 Å². The second-order valence-electron chi connectivity index (χ2n) is 9.32. The summed E-state index contributed by atoms with van der Waals surface area (Å²) >= 11 is 7.80. The van der Waals surface area contributed by atoms with Crippen molar-refractivity contribution < 1.29 is 9.47 Å². The molecular formula is C26H30ClN3O2S. The Morgan fingerprint density at radius 3 is 2.55 bits per heavy atom. The first-order valence-electron chi connectivity index (χ1n) is 10.9. The first kappa shape index (κ1) is 23.6. The zero-order valence-electron chi connectivity index (χ0n) is 19.8. The van der Waals surface area contributed by atoms with E-state index in [1.165, 1.54) is 9.75 Å². The van der Waals surface area contributed by atoms with E-state index < -0.39 is 0 Å². The van der Waals surface area contributed by atoms with Gasteiger partial charge in [0.2, 0.25) is 0 Å². The third-order valence-electron chi connectivity index (χ3n) is 5.41. The molecular weight excluding hydrogens is 454 g/mol. The van der Waals surface area contributed by atoms with Crippen LogP contribution in [0, 0.1) is 5.41 Å². The predicted molar refractivity (Wildman–Crippen MR) is 140 cm³/mol. The highest BCUT2D eigenvalue weighted by Crippen LogP contribution is 2.41. The Bertz CT molecular complexity index is 1140. The van der Waals surface area contributed by atoms with Crippen molar-refractivity contribution in [2.75, 3.05) is 39.3 Å². The number of aliphatic imine (C=N–C) groups is 1. The molecule has 0 unspecified atom stereocenters. The van der Waals surface area contributed by atoms with Crippen LogP contribution in [0.25, 0.3) is 10.4 Å². The van der Waals surface area contributed by atoms with E-state index in [2.05, 4.69) is 49.9 Å². The maximum absolute atomic E-state index is 6.14. The molecule has 174 valence electrons. The van der Waals surface area contributed by atoms with E-state index in [1.54, 1.807) is 18.4 Å². The number of hydrogen-bond acceptors (Lipinski definition) is 6. The predicted octanol–water partition coefficient (Wildman–Crippen LogP) is 6.72. The van der Waals surface area contributed by atoms with E-state index in [9.17, 15) is 0 Å². The van der Waals surface area contributed by atoms with E-state index >= 15 is 0 Å². The van der Waals surface area contributed by atoms with Crippen LogP contribution in [-0.4, -0.2) is 45.6 Å². The van der Waals surface area contributed by atoms with Gasteiger partial charge in [0.1, 0.15) is 0 Å². The van der Waals surface area contributed by atoms with Crippen LogP contribution in [-0.2, 0) is 6.54 Å². The summed E-state index contributed by atoms with van der Waals surface area (Å²) in [6.45, 7) is 6.72. The average molecular weight is 484 g/mol. The van der Waals surface area contributed by atoms with Crippen LogP contribution in [0.3, 0.4) is 0 Å². The fourth-order valence-electron chi connectivity index (χ4n) is 4.01. The van der Waals surface area contributed by atoms with E-state index in [-0.39, 0.29) is 5.41 Å². The molecule has 0 bridgehead atoms. The molecule has 2 aromatic carbocycles. The second kappa shape index (κ2) is 9.75. The Kier molecular flexibility index (Phi) is 6.98. The Balaban J connectivity index is 1.48. The summed E-state index contributed by atoms with van der Waals surface area (Å²) in [6.07, 6.45) is 1.89. The zero-order chi connectivity index (χ0) is 23.6. The number of thiophene rings is 1. The number of nitrogens with zero attached hydrogens (tertiary/aromatic N) is 3. The first-order valence-corrected chi connectivity index (χ1v) is 12.1. The molecule has 4 rings (SSSR count). The molecule has 0 radical (unpaired) electrons. The van der Waals surface area contributed by atoms with Crippen LogP contribution in [0.15, 0.2) is 53.5 Å². The Morgan fingerprint density at radius 2 is 1.85 bits per heavy atom. The van der Waals surface area contributed by atoms with Gasteiger partial charge in [-0.3, -0.25) is 0 Å². The number of benzene rings is 2. The van der Waals surface area contributed by atoms with Crippen LogP contribution in [0.5, 0.6) is 11.5 Å². The van der Waals surface area contributed by atoms with Gasteiger partial charge in [-0.2, -0.15) is 0 Å².